The van der Waals surface area contributed by atoms with Crippen molar-refractivity contribution in [1.82, 2.24) is 0 Å². The Bertz CT molecular complexity index is 253. The van der Waals surface area contributed by atoms with E-state index in [1.54, 1.807) is 0 Å². The molecule has 0 aliphatic heterocycles. The molecule has 1 rings (SSSR count). The van der Waals surface area contributed by atoms with Crippen LogP contribution in [0.3, 0.4) is 0 Å². The van der Waals surface area contributed by atoms with Crippen LogP contribution in [0.15, 0.2) is 18.2 Å². The fraction of sp³-hybridized carbons (Fsp3) is 0.125. The van der Waals surface area contributed by atoms with Gasteiger partial charge in [-0.1, -0.05) is 12.1 Å². The standard InChI is InChI=1S/C8H10N2/c1-6-2-3-7(5-9)8(10)4-6/h2-5,9H,10H2,1H3. The third-order valence-corrected chi connectivity index (χ3v) is 1.40. The Morgan fingerprint density at radius 1 is 1.50 bits per heavy atom. The van der Waals surface area contributed by atoms with Crippen molar-refractivity contribution < 1.29 is 0 Å². The lowest BCUT2D eigenvalue weighted by molar-refractivity contribution is 1.45. The smallest absolute Gasteiger partial charge is 0.0405 e. The molecule has 10 heavy (non-hydrogen) atoms. The number of benzene rings is 1. The molecule has 1 aromatic carbocycles. The van der Waals surface area contributed by atoms with Gasteiger partial charge in [-0.25, -0.2) is 0 Å². The van der Waals surface area contributed by atoms with Crippen LogP contribution < -0.4 is 5.73 Å². The summed E-state index contributed by atoms with van der Waals surface area (Å²) >= 11 is 0. The Kier molecular flexibility index (Phi) is 1.71. The van der Waals surface area contributed by atoms with Gasteiger partial charge in [0.05, 0.1) is 0 Å². The molecule has 0 saturated heterocycles. The number of rotatable bonds is 1. The van der Waals surface area contributed by atoms with Crippen LogP contribution in [-0.2, 0) is 0 Å². The van der Waals surface area contributed by atoms with Crippen molar-refractivity contribution in [3.63, 3.8) is 0 Å². The van der Waals surface area contributed by atoms with Crippen LogP contribution in [-0.4, -0.2) is 6.21 Å². The summed E-state index contributed by atoms with van der Waals surface area (Å²) in [5, 5.41) is 6.95. The first-order valence-electron chi connectivity index (χ1n) is 3.10. The van der Waals surface area contributed by atoms with E-state index in [2.05, 4.69) is 0 Å². The van der Waals surface area contributed by atoms with E-state index in [0.29, 0.717) is 5.69 Å². The Morgan fingerprint density at radius 2 is 2.20 bits per heavy atom. The van der Waals surface area contributed by atoms with E-state index >= 15 is 0 Å². The zero-order valence-corrected chi connectivity index (χ0v) is 5.89. The molecule has 0 fully saturated rings. The van der Waals surface area contributed by atoms with E-state index < -0.39 is 0 Å². The molecular weight excluding hydrogens is 124 g/mol. The van der Waals surface area contributed by atoms with E-state index in [9.17, 15) is 0 Å². The highest BCUT2D eigenvalue weighted by atomic mass is 14.6. The Morgan fingerprint density at radius 3 is 2.70 bits per heavy atom. The van der Waals surface area contributed by atoms with Gasteiger partial charge >= 0.3 is 0 Å². The number of hydrogen-bond donors (Lipinski definition) is 2. The number of anilines is 1. The van der Waals surface area contributed by atoms with Gasteiger partial charge in [-0.05, 0) is 18.6 Å². The minimum Gasteiger partial charge on any atom is -0.398 e. The van der Waals surface area contributed by atoms with Crippen LogP contribution in [0.25, 0.3) is 0 Å². The minimum absolute atomic E-state index is 0.676. The van der Waals surface area contributed by atoms with E-state index in [1.807, 2.05) is 25.1 Å². The molecule has 3 N–H and O–H groups in total. The van der Waals surface area contributed by atoms with Crippen molar-refractivity contribution in [2.24, 2.45) is 0 Å². The van der Waals surface area contributed by atoms with E-state index in [-0.39, 0.29) is 0 Å². The molecular formula is C8H10N2. The van der Waals surface area contributed by atoms with Crippen LogP contribution in [0.4, 0.5) is 5.69 Å². The van der Waals surface area contributed by atoms with Crippen molar-refractivity contribution in [2.45, 2.75) is 6.92 Å². The van der Waals surface area contributed by atoms with Crippen LogP contribution in [0.1, 0.15) is 11.1 Å². The molecule has 0 radical (unpaired) electrons. The van der Waals surface area contributed by atoms with E-state index in [1.165, 1.54) is 6.21 Å². The van der Waals surface area contributed by atoms with Crippen LogP contribution >= 0.6 is 0 Å². The summed E-state index contributed by atoms with van der Waals surface area (Å²) in [4.78, 5) is 0. The Balaban J connectivity index is 3.19. The predicted octanol–water partition coefficient (Wildman–Crippen LogP) is 1.57. The van der Waals surface area contributed by atoms with Crippen LogP contribution in [0.2, 0.25) is 0 Å². The van der Waals surface area contributed by atoms with Gasteiger partial charge < -0.3 is 11.1 Å². The molecule has 0 amide bonds. The maximum Gasteiger partial charge on any atom is 0.0405 e. The third kappa shape index (κ3) is 1.16. The summed E-state index contributed by atoms with van der Waals surface area (Å²) in [5.74, 6) is 0. The van der Waals surface area contributed by atoms with Gasteiger partial charge in [-0.3, -0.25) is 0 Å². The summed E-state index contributed by atoms with van der Waals surface area (Å²) < 4.78 is 0. The van der Waals surface area contributed by atoms with E-state index in [0.717, 1.165) is 11.1 Å². The van der Waals surface area contributed by atoms with Gasteiger partial charge in [0.2, 0.25) is 0 Å². The molecule has 0 spiro atoms. The lowest BCUT2D eigenvalue weighted by atomic mass is 10.1. The average Bonchev–Trinajstić information content (AvgIpc) is 1.88. The average molecular weight is 134 g/mol. The highest BCUT2D eigenvalue weighted by Gasteiger charge is 1.92. The minimum atomic E-state index is 0.676. The third-order valence-electron chi connectivity index (χ3n) is 1.40. The number of nitrogens with one attached hydrogen (secondary N) is 1. The van der Waals surface area contributed by atoms with Gasteiger partial charge in [-0.2, -0.15) is 0 Å². The topological polar surface area (TPSA) is 49.9 Å². The molecule has 1 aromatic rings. The molecule has 0 aromatic heterocycles. The summed E-state index contributed by atoms with van der Waals surface area (Å²) in [6, 6.07) is 5.65. The van der Waals surface area contributed by atoms with Crippen molar-refractivity contribution in [2.75, 3.05) is 5.73 Å². The second-order valence-corrected chi connectivity index (χ2v) is 2.28. The molecule has 0 atom stereocenters. The van der Waals surface area contributed by atoms with Crippen molar-refractivity contribution in [3.8, 4) is 0 Å². The predicted molar refractivity (Wildman–Crippen MR) is 43.5 cm³/mol. The molecule has 2 heteroatoms. The molecule has 0 aliphatic carbocycles. The first kappa shape index (κ1) is 6.81. The normalized spacial score (nSPS) is 9.30. The second kappa shape index (κ2) is 2.52. The van der Waals surface area contributed by atoms with Crippen molar-refractivity contribution in [3.05, 3.63) is 29.3 Å². The Labute approximate surface area is 60.2 Å². The number of aryl methyl sites for hydroxylation is 1. The van der Waals surface area contributed by atoms with Crippen molar-refractivity contribution >= 4 is 11.9 Å². The van der Waals surface area contributed by atoms with E-state index in [4.69, 9.17) is 11.1 Å². The summed E-state index contributed by atoms with van der Waals surface area (Å²) in [6.07, 6.45) is 1.26. The maximum absolute atomic E-state index is 6.95. The maximum atomic E-state index is 6.95. The summed E-state index contributed by atoms with van der Waals surface area (Å²) in [5.41, 5.74) is 8.17. The fourth-order valence-electron chi connectivity index (χ4n) is 0.826. The first-order valence-corrected chi connectivity index (χ1v) is 3.10. The molecule has 2 nitrogen and oxygen atoms in total. The van der Waals surface area contributed by atoms with Crippen molar-refractivity contribution in [1.29, 1.82) is 5.41 Å². The molecule has 0 saturated carbocycles. The molecule has 52 valence electrons. The molecule has 0 heterocycles. The second-order valence-electron chi connectivity index (χ2n) is 2.28. The largest absolute Gasteiger partial charge is 0.398 e. The van der Waals surface area contributed by atoms with Crippen LogP contribution in [0.5, 0.6) is 0 Å². The van der Waals surface area contributed by atoms with Gasteiger partial charge in [0, 0.05) is 17.5 Å². The zero-order chi connectivity index (χ0) is 7.56. The highest BCUT2D eigenvalue weighted by molar-refractivity contribution is 5.84. The monoisotopic (exact) mass is 134 g/mol. The zero-order valence-electron chi connectivity index (χ0n) is 5.89. The molecule has 0 unspecified atom stereocenters. The van der Waals surface area contributed by atoms with Gasteiger partial charge in [0.15, 0.2) is 0 Å². The van der Waals surface area contributed by atoms with Crippen LogP contribution in [0, 0.1) is 12.3 Å². The van der Waals surface area contributed by atoms with Gasteiger partial charge in [-0.15, -0.1) is 0 Å². The molecule has 0 aliphatic rings. The number of nitrogen functional groups attached to an aromatic ring is 1. The highest BCUT2D eigenvalue weighted by Crippen LogP contribution is 2.10. The Hall–Kier alpha value is -1.31. The SMILES string of the molecule is Cc1ccc(C=N)c(N)c1. The summed E-state index contributed by atoms with van der Waals surface area (Å²) in [6.45, 7) is 1.98. The number of nitrogens with two attached hydrogens (primary N) is 1. The van der Waals surface area contributed by atoms with Gasteiger partial charge in [0.1, 0.15) is 0 Å². The first-order chi connectivity index (χ1) is 4.74. The lowest BCUT2D eigenvalue weighted by Crippen LogP contribution is -1.92. The van der Waals surface area contributed by atoms with Gasteiger partial charge in [0.25, 0.3) is 0 Å². The fourth-order valence-corrected chi connectivity index (χ4v) is 0.826. The lowest BCUT2D eigenvalue weighted by Gasteiger charge is -1.98. The number of hydrogen-bond acceptors (Lipinski definition) is 2. The summed E-state index contributed by atoms with van der Waals surface area (Å²) in [7, 11) is 0. The quantitative estimate of drug-likeness (QED) is 0.444. The molecule has 0 bridgehead atoms.